The van der Waals surface area contributed by atoms with Gasteiger partial charge in [0.15, 0.2) is 0 Å². The highest BCUT2D eigenvalue weighted by Crippen LogP contribution is 2.05. The lowest BCUT2D eigenvalue weighted by atomic mass is 10.2. The number of hydrogen-bond acceptors (Lipinski definition) is 2. The number of aliphatic hydroxyl groups is 1. The van der Waals surface area contributed by atoms with E-state index >= 15 is 0 Å². The maximum Gasteiger partial charge on any atom is 0.253 e. The molecule has 0 radical (unpaired) electrons. The van der Waals surface area contributed by atoms with Crippen LogP contribution < -0.4 is 0 Å². The van der Waals surface area contributed by atoms with Crippen LogP contribution in [0.2, 0.25) is 0 Å². The van der Waals surface area contributed by atoms with Gasteiger partial charge in [-0.1, -0.05) is 6.07 Å². The molecule has 76 valence electrons. The minimum absolute atomic E-state index is 0.0996. The van der Waals surface area contributed by atoms with Gasteiger partial charge >= 0.3 is 0 Å². The van der Waals surface area contributed by atoms with Gasteiger partial charge in [0, 0.05) is 19.2 Å². The van der Waals surface area contributed by atoms with Crippen molar-refractivity contribution in [2.75, 3.05) is 20.2 Å². The molecule has 1 rings (SSSR count). The third-order valence-corrected chi connectivity index (χ3v) is 1.85. The molecule has 0 saturated heterocycles. The van der Waals surface area contributed by atoms with Crippen molar-refractivity contribution in [3.05, 3.63) is 35.6 Å². The molecule has 14 heavy (non-hydrogen) atoms. The van der Waals surface area contributed by atoms with E-state index in [1.54, 1.807) is 13.1 Å². The fraction of sp³-hybridized carbons (Fsp3) is 0.300. The highest BCUT2D eigenvalue weighted by Gasteiger charge is 2.10. The van der Waals surface area contributed by atoms with E-state index < -0.39 is 5.82 Å². The van der Waals surface area contributed by atoms with Crippen molar-refractivity contribution in [1.29, 1.82) is 0 Å². The van der Waals surface area contributed by atoms with Crippen molar-refractivity contribution in [1.82, 2.24) is 4.90 Å². The Labute approximate surface area is 81.8 Å². The standard InChI is InChI=1S/C10H12FNO2/c1-12(5-6-13)10(14)8-3-2-4-9(11)7-8/h2-4,7,13H,5-6H2,1H3. The zero-order chi connectivity index (χ0) is 10.6. The van der Waals surface area contributed by atoms with Gasteiger partial charge in [-0.25, -0.2) is 4.39 Å². The molecule has 4 heteroatoms. The van der Waals surface area contributed by atoms with Gasteiger partial charge in [-0.05, 0) is 18.2 Å². The highest BCUT2D eigenvalue weighted by molar-refractivity contribution is 5.94. The number of aliphatic hydroxyl groups excluding tert-OH is 1. The molecule has 0 heterocycles. The Morgan fingerprint density at radius 1 is 1.57 bits per heavy atom. The number of amides is 1. The summed E-state index contributed by atoms with van der Waals surface area (Å²) in [6, 6.07) is 5.48. The van der Waals surface area contributed by atoms with Crippen molar-refractivity contribution in [3.63, 3.8) is 0 Å². The normalized spacial score (nSPS) is 9.93. The highest BCUT2D eigenvalue weighted by atomic mass is 19.1. The minimum atomic E-state index is -0.437. The largest absolute Gasteiger partial charge is 0.395 e. The van der Waals surface area contributed by atoms with E-state index in [1.807, 2.05) is 0 Å². The summed E-state index contributed by atoms with van der Waals surface area (Å²) in [6.07, 6.45) is 0. The van der Waals surface area contributed by atoms with Crippen LogP contribution in [-0.4, -0.2) is 36.1 Å². The average Bonchev–Trinajstić information content (AvgIpc) is 2.17. The van der Waals surface area contributed by atoms with Gasteiger partial charge in [0.05, 0.1) is 6.61 Å². The third-order valence-electron chi connectivity index (χ3n) is 1.85. The van der Waals surface area contributed by atoms with Crippen LogP contribution >= 0.6 is 0 Å². The maximum absolute atomic E-state index is 12.8. The lowest BCUT2D eigenvalue weighted by Crippen LogP contribution is -2.29. The maximum atomic E-state index is 12.8. The summed E-state index contributed by atoms with van der Waals surface area (Å²) in [6.45, 7) is 0.146. The minimum Gasteiger partial charge on any atom is -0.395 e. The molecule has 0 unspecified atom stereocenters. The predicted octanol–water partition coefficient (Wildman–Crippen LogP) is 0.890. The fourth-order valence-electron chi connectivity index (χ4n) is 1.09. The van der Waals surface area contributed by atoms with Gasteiger partial charge in [-0.15, -0.1) is 0 Å². The topological polar surface area (TPSA) is 40.5 Å². The number of nitrogens with zero attached hydrogens (tertiary/aromatic N) is 1. The van der Waals surface area contributed by atoms with Crippen molar-refractivity contribution < 1.29 is 14.3 Å². The molecule has 1 aromatic carbocycles. The van der Waals surface area contributed by atoms with Crippen LogP contribution in [0.3, 0.4) is 0 Å². The van der Waals surface area contributed by atoms with Crippen LogP contribution in [0.5, 0.6) is 0 Å². The molecule has 0 bridgehead atoms. The van der Waals surface area contributed by atoms with Crippen molar-refractivity contribution in [2.45, 2.75) is 0 Å². The summed E-state index contributed by atoms with van der Waals surface area (Å²) in [4.78, 5) is 12.9. The van der Waals surface area contributed by atoms with Gasteiger partial charge < -0.3 is 10.0 Å². The molecule has 0 aromatic heterocycles. The first kappa shape index (κ1) is 10.7. The second-order valence-electron chi connectivity index (χ2n) is 2.96. The first-order chi connectivity index (χ1) is 6.65. The molecular formula is C10H12FNO2. The molecule has 1 aromatic rings. The second-order valence-corrected chi connectivity index (χ2v) is 2.96. The SMILES string of the molecule is CN(CCO)C(=O)c1cccc(F)c1. The Hall–Kier alpha value is -1.42. The Morgan fingerprint density at radius 2 is 2.29 bits per heavy atom. The van der Waals surface area contributed by atoms with E-state index in [9.17, 15) is 9.18 Å². The predicted molar refractivity (Wildman–Crippen MR) is 50.4 cm³/mol. The van der Waals surface area contributed by atoms with Gasteiger partial charge in [0.2, 0.25) is 0 Å². The first-order valence-corrected chi connectivity index (χ1v) is 4.27. The Kier molecular flexibility index (Phi) is 3.59. The first-order valence-electron chi connectivity index (χ1n) is 4.27. The number of rotatable bonds is 3. The van der Waals surface area contributed by atoms with Gasteiger partial charge in [0.25, 0.3) is 5.91 Å². The molecule has 3 nitrogen and oxygen atoms in total. The molecular weight excluding hydrogens is 185 g/mol. The molecule has 1 amide bonds. The van der Waals surface area contributed by atoms with E-state index in [2.05, 4.69) is 0 Å². The lowest BCUT2D eigenvalue weighted by Gasteiger charge is -2.15. The smallest absolute Gasteiger partial charge is 0.253 e. The van der Waals surface area contributed by atoms with E-state index in [-0.39, 0.29) is 19.1 Å². The molecule has 0 aliphatic carbocycles. The zero-order valence-corrected chi connectivity index (χ0v) is 7.90. The molecule has 0 saturated carbocycles. The summed E-state index contributed by atoms with van der Waals surface area (Å²) in [5.41, 5.74) is 0.293. The van der Waals surface area contributed by atoms with Crippen LogP contribution in [0.4, 0.5) is 4.39 Å². The summed E-state index contributed by atoms with van der Waals surface area (Å²) in [7, 11) is 1.56. The molecule has 0 fully saturated rings. The van der Waals surface area contributed by atoms with Crippen LogP contribution in [0.25, 0.3) is 0 Å². The van der Waals surface area contributed by atoms with Crippen LogP contribution in [0.15, 0.2) is 24.3 Å². The van der Waals surface area contributed by atoms with Crippen LogP contribution in [0, 0.1) is 5.82 Å². The van der Waals surface area contributed by atoms with E-state index in [1.165, 1.54) is 23.1 Å². The quantitative estimate of drug-likeness (QED) is 0.781. The van der Waals surface area contributed by atoms with Gasteiger partial charge in [0.1, 0.15) is 5.82 Å². The molecule has 1 N–H and O–H groups in total. The summed E-state index contributed by atoms with van der Waals surface area (Å²) in [5.74, 6) is -0.730. The van der Waals surface area contributed by atoms with Gasteiger partial charge in [-0.2, -0.15) is 0 Å². The van der Waals surface area contributed by atoms with Crippen LogP contribution in [0.1, 0.15) is 10.4 Å². The summed E-state index contributed by atoms with van der Waals surface area (Å²) >= 11 is 0. The number of hydrogen-bond donors (Lipinski definition) is 1. The average molecular weight is 197 g/mol. The van der Waals surface area contributed by atoms with E-state index in [0.29, 0.717) is 5.56 Å². The number of benzene rings is 1. The van der Waals surface area contributed by atoms with Gasteiger partial charge in [-0.3, -0.25) is 4.79 Å². The molecule has 0 aliphatic rings. The second kappa shape index (κ2) is 4.72. The number of carbonyl (C=O) groups is 1. The van der Waals surface area contributed by atoms with Crippen molar-refractivity contribution >= 4 is 5.91 Å². The van der Waals surface area contributed by atoms with Crippen molar-refractivity contribution in [3.8, 4) is 0 Å². The molecule has 0 spiro atoms. The monoisotopic (exact) mass is 197 g/mol. The fourth-order valence-corrected chi connectivity index (χ4v) is 1.09. The summed E-state index contributed by atoms with van der Waals surface area (Å²) < 4.78 is 12.8. The summed E-state index contributed by atoms with van der Waals surface area (Å²) in [5, 5.41) is 8.62. The molecule has 0 aliphatic heterocycles. The van der Waals surface area contributed by atoms with E-state index in [0.717, 1.165) is 0 Å². The van der Waals surface area contributed by atoms with E-state index in [4.69, 9.17) is 5.11 Å². The lowest BCUT2D eigenvalue weighted by molar-refractivity contribution is 0.0766. The zero-order valence-electron chi connectivity index (χ0n) is 7.90. The van der Waals surface area contributed by atoms with Crippen LogP contribution in [-0.2, 0) is 0 Å². The molecule has 0 atom stereocenters. The number of likely N-dealkylation sites (N-methyl/N-ethyl adjacent to an activating group) is 1. The van der Waals surface area contributed by atoms with Crippen molar-refractivity contribution in [2.24, 2.45) is 0 Å². The Bertz CT molecular complexity index is 328. The Morgan fingerprint density at radius 3 is 2.86 bits per heavy atom. The Balaban J connectivity index is 2.78. The third kappa shape index (κ3) is 2.53. The number of carbonyl (C=O) groups excluding carboxylic acids is 1. The number of halogens is 1.